The van der Waals surface area contributed by atoms with Gasteiger partial charge in [-0.05, 0) is 54.4 Å². The van der Waals surface area contributed by atoms with Gasteiger partial charge in [0, 0.05) is 54.6 Å². The van der Waals surface area contributed by atoms with Gasteiger partial charge in [-0.2, -0.15) is 0 Å². The van der Waals surface area contributed by atoms with E-state index in [2.05, 4.69) is 15.0 Å². The number of nitrogens with zero attached hydrogens (tertiary/aromatic N) is 3. The zero-order chi connectivity index (χ0) is 21.4. The highest BCUT2D eigenvalue weighted by molar-refractivity contribution is 6.02. The average Bonchev–Trinajstić information content (AvgIpc) is 3.37. The van der Waals surface area contributed by atoms with E-state index in [0.29, 0.717) is 33.8 Å². The lowest BCUT2D eigenvalue weighted by Crippen LogP contribution is -2.20. The van der Waals surface area contributed by atoms with Crippen LogP contribution in [-0.2, 0) is 0 Å². The van der Waals surface area contributed by atoms with Crippen molar-refractivity contribution in [2.45, 2.75) is 12.3 Å². The Balaban J connectivity index is 1.36. The molecule has 0 amide bonds. The number of rotatable bonds is 4. The number of benzene rings is 2. The number of nitrogens with one attached hydrogen (secondary N) is 1. The van der Waals surface area contributed by atoms with Gasteiger partial charge in [0.25, 0.3) is 0 Å². The van der Waals surface area contributed by atoms with Crippen molar-refractivity contribution in [2.24, 2.45) is 4.99 Å². The number of aromatic nitrogens is 2. The van der Waals surface area contributed by atoms with Crippen molar-refractivity contribution in [3.63, 3.8) is 0 Å². The van der Waals surface area contributed by atoms with Crippen LogP contribution in [-0.4, -0.2) is 34.4 Å². The van der Waals surface area contributed by atoms with E-state index in [1.54, 1.807) is 30.6 Å². The first-order valence-electron chi connectivity index (χ1n) is 10.1. The molecule has 0 aliphatic carbocycles. The molecule has 5 rings (SSSR count). The van der Waals surface area contributed by atoms with Crippen LogP contribution in [0.1, 0.15) is 23.5 Å². The van der Waals surface area contributed by atoms with E-state index in [0.717, 1.165) is 19.5 Å². The van der Waals surface area contributed by atoms with E-state index in [1.165, 1.54) is 30.0 Å². The van der Waals surface area contributed by atoms with E-state index in [9.17, 15) is 13.9 Å². The second-order valence-electron chi connectivity index (χ2n) is 7.68. The summed E-state index contributed by atoms with van der Waals surface area (Å²) >= 11 is 0. The van der Waals surface area contributed by atoms with Crippen LogP contribution in [0.5, 0.6) is 5.88 Å². The van der Waals surface area contributed by atoms with Gasteiger partial charge in [0.15, 0.2) is 5.88 Å². The van der Waals surface area contributed by atoms with Crippen LogP contribution in [0.15, 0.2) is 65.9 Å². The lowest BCUT2D eigenvalue weighted by molar-refractivity contribution is 0.457. The quantitative estimate of drug-likeness (QED) is 0.443. The molecule has 5 nitrogen and oxygen atoms in total. The van der Waals surface area contributed by atoms with Crippen molar-refractivity contribution in [1.82, 2.24) is 9.97 Å². The number of aromatic amines is 1. The fourth-order valence-electron chi connectivity index (χ4n) is 4.16. The molecule has 1 fully saturated rings. The lowest BCUT2D eigenvalue weighted by atomic mass is 10.00. The van der Waals surface area contributed by atoms with E-state index in [1.807, 2.05) is 17.0 Å². The molecule has 1 aliphatic heterocycles. The molecular formula is C24H20F2N4O. The SMILES string of the molecule is Oc1[nH]c2ccc(F)cc2c1C=Nc1ccc(N2CCC(c3ccncc3)C2)c(F)c1. The molecule has 1 atom stereocenters. The fourth-order valence-corrected chi connectivity index (χ4v) is 4.16. The minimum atomic E-state index is -0.410. The summed E-state index contributed by atoms with van der Waals surface area (Å²) in [5.41, 5.74) is 3.14. The molecule has 7 heteroatoms. The van der Waals surface area contributed by atoms with Crippen LogP contribution in [0.2, 0.25) is 0 Å². The van der Waals surface area contributed by atoms with Crippen molar-refractivity contribution >= 4 is 28.5 Å². The molecule has 31 heavy (non-hydrogen) atoms. The van der Waals surface area contributed by atoms with Crippen molar-refractivity contribution in [3.8, 4) is 5.88 Å². The molecule has 3 heterocycles. The van der Waals surface area contributed by atoms with Crippen molar-refractivity contribution < 1.29 is 13.9 Å². The summed E-state index contributed by atoms with van der Waals surface area (Å²) in [5.74, 6) is -0.516. The number of H-pyrrole nitrogens is 1. The predicted octanol–water partition coefficient (Wildman–Crippen LogP) is 5.29. The molecule has 1 saturated heterocycles. The molecule has 156 valence electrons. The van der Waals surface area contributed by atoms with Gasteiger partial charge in [-0.25, -0.2) is 8.78 Å². The smallest absolute Gasteiger partial charge is 0.198 e. The Labute approximate surface area is 177 Å². The summed E-state index contributed by atoms with van der Waals surface area (Å²) in [6.07, 6.45) is 5.94. The third-order valence-corrected chi connectivity index (χ3v) is 5.76. The number of hydrogen-bond donors (Lipinski definition) is 2. The van der Waals surface area contributed by atoms with Gasteiger partial charge in [0.05, 0.1) is 16.9 Å². The van der Waals surface area contributed by atoms with Gasteiger partial charge in [0.2, 0.25) is 0 Å². The third kappa shape index (κ3) is 3.74. The van der Waals surface area contributed by atoms with Gasteiger partial charge in [0.1, 0.15) is 11.6 Å². The number of halogens is 2. The first-order valence-corrected chi connectivity index (χ1v) is 10.1. The third-order valence-electron chi connectivity index (χ3n) is 5.76. The second kappa shape index (κ2) is 7.83. The Kier molecular flexibility index (Phi) is 4.86. The minimum absolute atomic E-state index is 0.110. The maximum Gasteiger partial charge on any atom is 0.198 e. The molecule has 0 saturated carbocycles. The Morgan fingerprint density at radius 3 is 2.74 bits per heavy atom. The first kappa shape index (κ1) is 19.2. The van der Waals surface area contributed by atoms with Gasteiger partial charge >= 0.3 is 0 Å². The summed E-state index contributed by atoms with van der Waals surface area (Å²) in [5, 5.41) is 10.6. The lowest BCUT2D eigenvalue weighted by Gasteiger charge is -2.19. The molecule has 2 aromatic carbocycles. The predicted molar refractivity (Wildman–Crippen MR) is 117 cm³/mol. The average molecular weight is 418 g/mol. The topological polar surface area (TPSA) is 64.5 Å². The molecular weight excluding hydrogens is 398 g/mol. The van der Waals surface area contributed by atoms with Crippen molar-refractivity contribution in [2.75, 3.05) is 18.0 Å². The zero-order valence-electron chi connectivity index (χ0n) is 16.6. The highest BCUT2D eigenvalue weighted by Crippen LogP contribution is 2.33. The van der Waals surface area contributed by atoms with Crippen LogP contribution in [0.25, 0.3) is 10.9 Å². The molecule has 1 aliphatic rings. The van der Waals surface area contributed by atoms with Crippen LogP contribution in [0.4, 0.5) is 20.2 Å². The number of fused-ring (bicyclic) bond motifs is 1. The highest BCUT2D eigenvalue weighted by atomic mass is 19.1. The number of hydrogen-bond acceptors (Lipinski definition) is 4. The maximum absolute atomic E-state index is 14.9. The summed E-state index contributed by atoms with van der Waals surface area (Å²) in [6, 6.07) is 13.0. The van der Waals surface area contributed by atoms with E-state index < -0.39 is 5.82 Å². The van der Waals surface area contributed by atoms with Gasteiger partial charge in [-0.3, -0.25) is 9.98 Å². The normalized spacial score (nSPS) is 16.6. The van der Waals surface area contributed by atoms with Crippen LogP contribution >= 0.6 is 0 Å². The summed E-state index contributed by atoms with van der Waals surface area (Å²) in [4.78, 5) is 13.2. The molecule has 2 aromatic heterocycles. The molecule has 2 N–H and O–H groups in total. The number of aliphatic imine (C=N–C) groups is 1. The first-order chi connectivity index (χ1) is 15.1. The Morgan fingerprint density at radius 2 is 1.94 bits per heavy atom. The van der Waals surface area contributed by atoms with Crippen molar-refractivity contribution in [1.29, 1.82) is 0 Å². The Bertz CT molecular complexity index is 1270. The van der Waals surface area contributed by atoms with Gasteiger partial charge in [-0.15, -0.1) is 0 Å². The molecule has 0 radical (unpaired) electrons. The summed E-state index contributed by atoms with van der Waals surface area (Å²) in [7, 11) is 0. The molecule has 0 bridgehead atoms. The molecule has 1 unspecified atom stereocenters. The van der Waals surface area contributed by atoms with Gasteiger partial charge < -0.3 is 15.0 Å². The number of anilines is 1. The number of aromatic hydroxyl groups is 1. The standard InChI is InChI=1S/C24H20F2N4O/c25-17-1-3-22-19(11-17)20(24(31)29-22)13-28-18-2-4-23(21(26)12-18)30-10-7-16(14-30)15-5-8-27-9-6-15/h1-6,8-9,11-13,16,29,31H,7,10,14H2. The highest BCUT2D eigenvalue weighted by Gasteiger charge is 2.25. The Hall–Kier alpha value is -3.74. The monoisotopic (exact) mass is 418 g/mol. The minimum Gasteiger partial charge on any atom is -0.494 e. The van der Waals surface area contributed by atoms with Crippen molar-refractivity contribution in [3.05, 3.63) is 83.7 Å². The van der Waals surface area contributed by atoms with Crippen LogP contribution in [0.3, 0.4) is 0 Å². The zero-order valence-corrected chi connectivity index (χ0v) is 16.6. The van der Waals surface area contributed by atoms with Crippen LogP contribution < -0.4 is 4.90 Å². The molecule has 0 spiro atoms. The summed E-state index contributed by atoms with van der Waals surface area (Å²) < 4.78 is 28.4. The molecule has 4 aromatic rings. The largest absolute Gasteiger partial charge is 0.494 e. The van der Waals surface area contributed by atoms with E-state index >= 15 is 0 Å². The Morgan fingerprint density at radius 1 is 1.10 bits per heavy atom. The maximum atomic E-state index is 14.9. The van der Waals surface area contributed by atoms with E-state index in [-0.39, 0.29) is 11.7 Å². The summed E-state index contributed by atoms with van der Waals surface area (Å²) in [6.45, 7) is 1.53. The van der Waals surface area contributed by atoms with E-state index in [4.69, 9.17) is 0 Å². The fraction of sp³-hybridized carbons (Fsp3) is 0.167. The van der Waals surface area contributed by atoms with Gasteiger partial charge in [-0.1, -0.05) is 0 Å². The second-order valence-corrected chi connectivity index (χ2v) is 7.68. The van der Waals surface area contributed by atoms with Crippen LogP contribution in [0, 0.1) is 11.6 Å². The number of pyridine rings is 1.